The lowest BCUT2D eigenvalue weighted by molar-refractivity contribution is 0.291. The van der Waals surface area contributed by atoms with Crippen LogP contribution in [-0.4, -0.2) is 9.55 Å². The Morgan fingerprint density at radius 1 is 1.32 bits per heavy atom. The quantitative estimate of drug-likeness (QED) is 0.844. The summed E-state index contributed by atoms with van der Waals surface area (Å²) < 4.78 is 7.93. The largest absolute Gasteiger partial charge is 0.487 e. The molecule has 0 saturated carbocycles. The normalized spacial score (nSPS) is 10.2. The molecule has 4 heteroatoms. The van der Waals surface area contributed by atoms with E-state index in [1.54, 1.807) is 6.33 Å². The molecule has 4 nitrogen and oxygen atoms in total. The molecule has 0 N–H and O–H groups in total. The average molecular weight is 255 g/mol. The summed E-state index contributed by atoms with van der Waals surface area (Å²) in [5, 5.41) is 8.92. The molecule has 2 aromatic rings. The monoisotopic (exact) mass is 255 g/mol. The van der Waals surface area contributed by atoms with Crippen molar-refractivity contribution in [2.24, 2.45) is 0 Å². The van der Waals surface area contributed by atoms with Gasteiger partial charge >= 0.3 is 0 Å². The first kappa shape index (κ1) is 13.2. The summed E-state index contributed by atoms with van der Waals surface area (Å²) in [6.07, 6.45) is 3.62. The van der Waals surface area contributed by atoms with Crippen LogP contribution >= 0.6 is 0 Å². The van der Waals surface area contributed by atoms with E-state index in [4.69, 9.17) is 10.00 Å². The van der Waals surface area contributed by atoms with E-state index in [2.05, 4.69) is 18.0 Å². The number of hydrogen-bond donors (Lipinski definition) is 0. The Hall–Kier alpha value is -2.28. The second-order valence-corrected chi connectivity index (χ2v) is 4.51. The Labute approximate surface area is 113 Å². The highest BCUT2D eigenvalue weighted by atomic mass is 16.5. The predicted octanol–water partition coefficient (Wildman–Crippen LogP) is 2.97. The Balaban J connectivity index is 2.19. The minimum Gasteiger partial charge on any atom is -0.487 e. The van der Waals surface area contributed by atoms with E-state index in [9.17, 15) is 0 Å². The summed E-state index contributed by atoms with van der Waals surface area (Å²) in [4.78, 5) is 4.12. The number of imidazole rings is 1. The van der Waals surface area contributed by atoms with Gasteiger partial charge in [0.1, 0.15) is 12.4 Å². The maximum absolute atomic E-state index is 8.92. The van der Waals surface area contributed by atoms with Crippen LogP contribution in [0.25, 0.3) is 0 Å². The van der Waals surface area contributed by atoms with Crippen molar-refractivity contribution in [1.29, 1.82) is 5.26 Å². The number of aromatic nitrogens is 2. The highest BCUT2D eigenvalue weighted by Gasteiger charge is 2.08. The number of aryl methyl sites for hydroxylation is 3. The molecule has 0 spiro atoms. The molecule has 19 heavy (non-hydrogen) atoms. The summed E-state index contributed by atoms with van der Waals surface area (Å²) in [6, 6.07) is 5.85. The van der Waals surface area contributed by atoms with Crippen LogP contribution in [0.1, 0.15) is 29.3 Å². The van der Waals surface area contributed by atoms with Crippen molar-refractivity contribution in [2.45, 2.75) is 33.9 Å². The van der Waals surface area contributed by atoms with Crippen LogP contribution in [-0.2, 0) is 13.2 Å². The first-order valence-corrected chi connectivity index (χ1v) is 6.28. The van der Waals surface area contributed by atoms with E-state index in [-0.39, 0.29) is 0 Å². The van der Waals surface area contributed by atoms with Gasteiger partial charge in [-0.25, -0.2) is 4.98 Å². The smallest absolute Gasteiger partial charge is 0.130 e. The highest BCUT2D eigenvalue weighted by molar-refractivity contribution is 5.47. The van der Waals surface area contributed by atoms with Gasteiger partial charge in [-0.05, 0) is 44.0 Å². The topological polar surface area (TPSA) is 50.8 Å². The third-order valence-corrected chi connectivity index (χ3v) is 3.09. The second-order valence-electron chi connectivity index (χ2n) is 4.51. The van der Waals surface area contributed by atoms with Gasteiger partial charge in [-0.1, -0.05) is 0 Å². The summed E-state index contributed by atoms with van der Waals surface area (Å²) in [6.45, 7) is 7.36. The van der Waals surface area contributed by atoms with Crippen molar-refractivity contribution in [2.75, 3.05) is 0 Å². The van der Waals surface area contributed by atoms with Crippen LogP contribution in [0.15, 0.2) is 24.7 Å². The van der Waals surface area contributed by atoms with Gasteiger partial charge in [-0.15, -0.1) is 0 Å². The molecular formula is C15H17N3O. The maximum atomic E-state index is 8.92. The number of rotatable bonds is 4. The summed E-state index contributed by atoms with van der Waals surface area (Å²) in [5.41, 5.74) is 3.69. The molecule has 0 aliphatic carbocycles. The fourth-order valence-corrected chi connectivity index (χ4v) is 2.14. The van der Waals surface area contributed by atoms with E-state index in [0.717, 1.165) is 29.1 Å². The molecule has 0 fully saturated rings. The van der Waals surface area contributed by atoms with E-state index in [0.29, 0.717) is 12.2 Å². The minimum atomic E-state index is 0.488. The molecule has 1 aromatic heterocycles. The summed E-state index contributed by atoms with van der Waals surface area (Å²) >= 11 is 0. The van der Waals surface area contributed by atoms with Crippen molar-refractivity contribution in [3.63, 3.8) is 0 Å². The predicted molar refractivity (Wildman–Crippen MR) is 72.9 cm³/mol. The molecule has 0 atom stereocenters. The minimum absolute atomic E-state index is 0.488. The zero-order valence-corrected chi connectivity index (χ0v) is 11.5. The van der Waals surface area contributed by atoms with E-state index in [1.165, 1.54) is 0 Å². The first-order chi connectivity index (χ1) is 9.15. The van der Waals surface area contributed by atoms with Crippen LogP contribution in [0.2, 0.25) is 0 Å². The van der Waals surface area contributed by atoms with Crippen LogP contribution in [0.3, 0.4) is 0 Å². The molecule has 0 amide bonds. The summed E-state index contributed by atoms with van der Waals surface area (Å²) in [7, 11) is 0. The van der Waals surface area contributed by atoms with Gasteiger partial charge in [0, 0.05) is 6.54 Å². The van der Waals surface area contributed by atoms with Gasteiger partial charge in [0.05, 0.1) is 29.9 Å². The Bertz CT molecular complexity index is 600. The van der Waals surface area contributed by atoms with Crippen LogP contribution in [0.4, 0.5) is 0 Å². The van der Waals surface area contributed by atoms with Crippen LogP contribution in [0.5, 0.6) is 5.75 Å². The van der Waals surface area contributed by atoms with E-state index < -0.39 is 0 Å². The number of hydrogen-bond acceptors (Lipinski definition) is 3. The van der Waals surface area contributed by atoms with Gasteiger partial charge in [0.15, 0.2) is 0 Å². The van der Waals surface area contributed by atoms with Gasteiger partial charge in [-0.3, -0.25) is 0 Å². The standard InChI is InChI=1S/C15H17N3O/c1-4-18-10-17-8-14(18)9-19-15-11(2)5-13(7-16)6-12(15)3/h5-6,8,10H,4,9H2,1-3H3. The van der Waals surface area contributed by atoms with Gasteiger partial charge in [0.2, 0.25) is 0 Å². The molecule has 0 aliphatic heterocycles. The average Bonchev–Trinajstić information content (AvgIpc) is 2.85. The molecule has 0 unspecified atom stereocenters. The SMILES string of the molecule is CCn1cncc1COc1c(C)cc(C#N)cc1C. The molecule has 0 bridgehead atoms. The molecular weight excluding hydrogens is 238 g/mol. The van der Waals surface area contributed by atoms with Gasteiger partial charge < -0.3 is 9.30 Å². The Morgan fingerprint density at radius 3 is 2.58 bits per heavy atom. The van der Waals surface area contributed by atoms with Gasteiger partial charge in [0.25, 0.3) is 0 Å². The number of nitriles is 1. The molecule has 0 radical (unpaired) electrons. The van der Waals surface area contributed by atoms with E-state index in [1.807, 2.05) is 36.7 Å². The third-order valence-electron chi connectivity index (χ3n) is 3.09. The fraction of sp³-hybridized carbons (Fsp3) is 0.333. The lowest BCUT2D eigenvalue weighted by Gasteiger charge is -2.13. The molecule has 1 aromatic carbocycles. The molecule has 0 saturated heterocycles. The zero-order valence-electron chi connectivity index (χ0n) is 11.5. The Kier molecular flexibility index (Phi) is 3.86. The number of ether oxygens (including phenoxy) is 1. The lowest BCUT2D eigenvalue weighted by atomic mass is 10.1. The van der Waals surface area contributed by atoms with Crippen LogP contribution in [0, 0.1) is 25.2 Å². The van der Waals surface area contributed by atoms with Crippen molar-refractivity contribution >= 4 is 0 Å². The Morgan fingerprint density at radius 2 is 2.00 bits per heavy atom. The van der Waals surface area contributed by atoms with Crippen molar-refractivity contribution in [1.82, 2.24) is 9.55 Å². The second kappa shape index (κ2) is 5.57. The van der Waals surface area contributed by atoms with Crippen molar-refractivity contribution in [3.8, 4) is 11.8 Å². The van der Waals surface area contributed by atoms with Crippen molar-refractivity contribution in [3.05, 3.63) is 47.0 Å². The lowest BCUT2D eigenvalue weighted by Crippen LogP contribution is -2.05. The first-order valence-electron chi connectivity index (χ1n) is 6.28. The molecule has 0 aliphatic rings. The zero-order chi connectivity index (χ0) is 13.8. The molecule has 1 heterocycles. The van der Waals surface area contributed by atoms with E-state index >= 15 is 0 Å². The maximum Gasteiger partial charge on any atom is 0.130 e. The molecule has 2 rings (SSSR count). The fourth-order valence-electron chi connectivity index (χ4n) is 2.14. The van der Waals surface area contributed by atoms with Gasteiger partial charge in [-0.2, -0.15) is 5.26 Å². The number of nitrogens with zero attached hydrogens (tertiary/aromatic N) is 3. The summed E-state index contributed by atoms with van der Waals surface area (Å²) in [5.74, 6) is 0.850. The highest BCUT2D eigenvalue weighted by Crippen LogP contribution is 2.25. The number of benzene rings is 1. The van der Waals surface area contributed by atoms with Crippen molar-refractivity contribution < 1.29 is 4.74 Å². The molecule has 98 valence electrons. The third kappa shape index (κ3) is 2.76. The van der Waals surface area contributed by atoms with Crippen LogP contribution < -0.4 is 4.74 Å².